The minimum atomic E-state index is -0.318. The van der Waals surface area contributed by atoms with Gasteiger partial charge in [0.05, 0.1) is 30.1 Å². The molecule has 0 aliphatic heterocycles. The summed E-state index contributed by atoms with van der Waals surface area (Å²) < 4.78 is 21.4. The molecule has 0 amide bonds. The van der Waals surface area contributed by atoms with Gasteiger partial charge in [0.2, 0.25) is 0 Å². The molecule has 1 aliphatic carbocycles. The van der Waals surface area contributed by atoms with Crippen LogP contribution in [0.2, 0.25) is 0 Å². The van der Waals surface area contributed by atoms with Crippen molar-refractivity contribution in [2.24, 2.45) is 5.41 Å². The molecule has 0 saturated carbocycles. The second kappa shape index (κ2) is 6.00. The number of nitrogens with zero attached hydrogens (tertiary/aromatic N) is 2. The van der Waals surface area contributed by atoms with Crippen LogP contribution in [0.3, 0.4) is 0 Å². The molecule has 0 radical (unpaired) electrons. The summed E-state index contributed by atoms with van der Waals surface area (Å²) in [5.41, 5.74) is 3.29. The molecule has 1 aromatic heterocycles. The van der Waals surface area contributed by atoms with Crippen LogP contribution in [0.4, 0.5) is 4.39 Å². The fourth-order valence-corrected chi connectivity index (χ4v) is 3.36. The average molecular weight is 335 g/mol. The first-order valence-corrected chi connectivity index (χ1v) is 8.18. The number of aromatic nitrogens is 2. The maximum absolute atomic E-state index is 14.4. The van der Waals surface area contributed by atoms with Crippen molar-refractivity contribution in [1.29, 1.82) is 0 Å². The highest BCUT2D eigenvalue weighted by atomic mass is 35.5. The smallest absolute Gasteiger partial charge is 0.147 e. The van der Waals surface area contributed by atoms with Crippen molar-refractivity contribution in [1.82, 2.24) is 9.55 Å². The third-order valence-corrected chi connectivity index (χ3v) is 4.74. The Balaban J connectivity index is 2.21. The van der Waals surface area contributed by atoms with Crippen LogP contribution >= 0.6 is 11.6 Å². The molecule has 122 valence electrons. The first kappa shape index (κ1) is 16.1. The Hall–Kier alpha value is -1.81. The summed E-state index contributed by atoms with van der Waals surface area (Å²) in [5.74, 6) is 0.580. The van der Waals surface area contributed by atoms with Gasteiger partial charge in [-0.15, -0.1) is 11.6 Å². The van der Waals surface area contributed by atoms with E-state index in [1.165, 1.54) is 11.6 Å². The lowest BCUT2D eigenvalue weighted by Crippen LogP contribution is -2.13. The van der Waals surface area contributed by atoms with E-state index in [1.54, 1.807) is 30.1 Å². The number of rotatable bonds is 4. The topological polar surface area (TPSA) is 27.1 Å². The molecular formula is C18H20ClFN2O. The van der Waals surface area contributed by atoms with Crippen LogP contribution in [0.15, 0.2) is 30.6 Å². The Kier molecular flexibility index (Phi) is 4.19. The van der Waals surface area contributed by atoms with Crippen LogP contribution in [-0.4, -0.2) is 16.7 Å². The summed E-state index contributed by atoms with van der Waals surface area (Å²) in [5, 5.41) is 0. The number of halogens is 2. The second-order valence-electron chi connectivity index (χ2n) is 6.40. The summed E-state index contributed by atoms with van der Waals surface area (Å²) in [7, 11) is 1.57. The molecular weight excluding hydrogens is 315 g/mol. The molecule has 0 spiro atoms. The van der Waals surface area contributed by atoms with Gasteiger partial charge < -0.3 is 4.74 Å². The van der Waals surface area contributed by atoms with E-state index in [1.807, 2.05) is 0 Å². The van der Waals surface area contributed by atoms with Gasteiger partial charge in [-0.05, 0) is 36.0 Å². The summed E-state index contributed by atoms with van der Waals surface area (Å²) >= 11 is 6.08. The van der Waals surface area contributed by atoms with Gasteiger partial charge in [0, 0.05) is 6.07 Å². The van der Waals surface area contributed by atoms with E-state index < -0.39 is 0 Å². The van der Waals surface area contributed by atoms with Gasteiger partial charge in [-0.3, -0.25) is 4.57 Å². The zero-order valence-electron chi connectivity index (χ0n) is 13.6. The number of allylic oxidation sites excluding steroid dienone is 2. The third-order valence-electron chi connectivity index (χ3n) is 4.48. The van der Waals surface area contributed by atoms with Crippen LogP contribution in [0.1, 0.15) is 38.1 Å². The Morgan fingerprint density at radius 3 is 2.78 bits per heavy atom. The molecule has 3 rings (SSSR count). The Labute approximate surface area is 140 Å². The zero-order valence-corrected chi connectivity index (χ0v) is 14.3. The molecule has 3 nitrogen and oxygen atoms in total. The average Bonchev–Trinajstić information content (AvgIpc) is 3.09. The lowest BCUT2D eigenvalue weighted by atomic mass is 9.83. The van der Waals surface area contributed by atoms with E-state index in [4.69, 9.17) is 16.3 Å². The molecule has 1 aliphatic rings. The first-order valence-electron chi connectivity index (χ1n) is 7.65. The molecule has 0 atom stereocenters. The van der Waals surface area contributed by atoms with E-state index in [9.17, 15) is 4.39 Å². The maximum atomic E-state index is 14.4. The number of imidazole rings is 1. The van der Waals surface area contributed by atoms with Gasteiger partial charge in [0.15, 0.2) is 0 Å². The number of hydrogen-bond acceptors (Lipinski definition) is 2. The molecule has 2 aromatic rings. The lowest BCUT2D eigenvalue weighted by molar-refractivity contribution is 0.413. The van der Waals surface area contributed by atoms with E-state index >= 15 is 0 Å². The van der Waals surface area contributed by atoms with Crippen molar-refractivity contribution < 1.29 is 9.13 Å². The van der Waals surface area contributed by atoms with Crippen molar-refractivity contribution in [3.05, 3.63) is 47.8 Å². The molecule has 23 heavy (non-hydrogen) atoms. The van der Waals surface area contributed by atoms with Crippen molar-refractivity contribution in [2.75, 3.05) is 7.11 Å². The number of benzene rings is 1. The number of methoxy groups -OCH3 is 1. The Morgan fingerprint density at radius 1 is 1.39 bits per heavy atom. The van der Waals surface area contributed by atoms with Crippen molar-refractivity contribution in [2.45, 2.75) is 32.6 Å². The van der Waals surface area contributed by atoms with Gasteiger partial charge >= 0.3 is 0 Å². The molecule has 5 heteroatoms. The van der Waals surface area contributed by atoms with Crippen molar-refractivity contribution >= 4 is 17.2 Å². The standard InChI is InChI=1S/C18H20ClFN2O/c1-18(2)8-4-5-13(18)17-15(10-19)21-11-22(17)16-9-12(23-3)6-7-14(16)20/h5-7,9,11H,4,8,10H2,1-3H3. The summed E-state index contributed by atoms with van der Waals surface area (Å²) in [6.07, 6.45) is 5.92. The predicted octanol–water partition coefficient (Wildman–Crippen LogP) is 4.96. The van der Waals surface area contributed by atoms with Crippen LogP contribution in [0.5, 0.6) is 5.75 Å². The highest BCUT2D eigenvalue weighted by Gasteiger charge is 2.32. The third kappa shape index (κ3) is 2.76. The SMILES string of the molecule is COc1ccc(F)c(-n2cnc(CCl)c2C2=CCCC2(C)C)c1. The Bertz CT molecular complexity index is 764. The highest BCUT2D eigenvalue weighted by molar-refractivity contribution is 6.17. The van der Waals surface area contributed by atoms with Crippen LogP contribution in [-0.2, 0) is 5.88 Å². The molecule has 0 N–H and O–H groups in total. The fraction of sp³-hybridized carbons (Fsp3) is 0.389. The minimum Gasteiger partial charge on any atom is -0.497 e. The Morgan fingerprint density at radius 2 is 2.17 bits per heavy atom. The lowest BCUT2D eigenvalue weighted by Gasteiger charge is -2.24. The van der Waals surface area contributed by atoms with Gasteiger partial charge in [-0.1, -0.05) is 19.9 Å². The molecule has 1 aromatic carbocycles. The van der Waals surface area contributed by atoms with Gasteiger partial charge in [-0.25, -0.2) is 9.37 Å². The molecule has 1 heterocycles. The molecule has 0 saturated heterocycles. The van der Waals surface area contributed by atoms with Crippen LogP contribution < -0.4 is 4.74 Å². The molecule has 0 bridgehead atoms. The van der Waals surface area contributed by atoms with Gasteiger partial charge in [0.1, 0.15) is 17.9 Å². The maximum Gasteiger partial charge on any atom is 0.147 e. The largest absolute Gasteiger partial charge is 0.497 e. The minimum absolute atomic E-state index is 0.0218. The van der Waals surface area contributed by atoms with Crippen molar-refractivity contribution in [3.8, 4) is 11.4 Å². The van der Waals surface area contributed by atoms with Gasteiger partial charge in [-0.2, -0.15) is 0 Å². The van der Waals surface area contributed by atoms with Crippen LogP contribution in [0.25, 0.3) is 11.3 Å². The zero-order chi connectivity index (χ0) is 16.6. The second-order valence-corrected chi connectivity index (χ2v) is 6.67. The first-order chi connectivity index (χ1) is 11.0. The predicted molar refractivity (Wildman–Crippen MR) is 90.6 cm³/mol. The van der Waals surface area contributed by atoms with E-state index in [-0.39, 0.29) is 11.2 Å². The summed E-state index contributed by atoms with van der Waals surface area (Å²) in [6.45, 7) is 4.40. The number of ether oxygens (including phenoxy) is 1. The van der Waals surface area contributed by atoms with Crippen LogP contribution in [0, 0.1) is 11.2 Å². The summed E-state index contributed by atoms with van der Waals surface area (Å²) in [6, 6.07) is 4.70. The molecule has 0 fully saturated rings. The highest BCUT2D eigenvalue weighted by Crippen LogP contribution is 2.45. The monoisotopic (exact) mass is 334 g/mol. The molecule has 0 unspecified atom stereocenters. The van der Waals surface area contributed by atoms with E-state index in [0.29, 0.717) is 17.3 Å². The van der Waals surface area contributed by atoms with E-state index in [2.05, 4.69) is 24.9 Å². The summed E-state index contributed by atoms with van der Waals surface area (Å²) in [4.78, 5) is 4.40. The van der Waals surface area contributed by atoms with Crippen molar-refractivity contribution in [3.63, 3.8) is 0 Å². The van der Waals surface area contributed by atoms with E-state index in [0.717, 1.165) is 24.2 Å². The quantitative estimate of drug-likeness (QED) is 0.739. The number of hydrogen-bond donors (Lipinski definition) is 0. The number of alkyl halides is 1. The fourth-order valence-electron chi connectivity index (χ4n) is 3.16. The van der Waals surface area contributed by atoms with Gasteiger partial charge in [0.25, 0.3) is 0 Å². The normalized spacial score (nSPS) is 16.5.